The number of halogens is 4. The molecule has 0 saturated carbocycles. The van der Waals surface area contributed by atoms with Crippen molar-refractivity contribution in [3.05, 3.63) is 60.1 Å². The van der Waals surface area contributed by atoms with E-state index in [-0.39, 0.29) is 11.6 Å². The fourth-order valence-corrected chi connectivity index (χ4v) is 4.64. The van der Waals surface area contributed by atoms with Gasteiger partial charge in [0.05, 0.1) is 22.6 Å². The fraction of sp³-hybridized carbons (Fsp3) is 0.370. The molecule has 1 aliphatic rings. The molecule has 0 radical (unpaired) electrons. The zero-order valence-electron chi connectivity index (χ0n) is 22.7. The molecule has 4 heterocycles. The number of rotatable bonds is 4. The predicted molar refractivity (Wildman–Crippen MR) is 145 cm³/mol. The molecule has 1 aromatic carbocycles. The SMILES string of the molecule is Cc1cn2cc(NC(=O)c3ccc(N4C[C@@H](C)N[C@@H](C(C)C)C4)c4nccnc34)cc(F)c2n1.O=C(O)C(F)(F)F. The lowest BCUT2D eigenvalue weighted by Crippen LogP contribution is -2.57. The zero-order valence-corrected chi connectivity index (χ0v) is 22.7. The van der Waals surface area contributed by atoms with E-state index >= 15 is 0 Å². The van der Waals surface area contributed by atoms with Crippen LogP contribution in [-0.4, -0.2) is 67.7 Å². The number of nitrogens with one attached hydrogen (secondary N) is 2. The van der Waals surface area contributed by atoms with Crippen molar-refractivity contribution >= 4 is 39.9 Å². The van der Waals surface area contributed by atoms with Crippen molar-refractivity contribution in [2.75, 3.05) is 23.3 Å². The number of carboxylic acids is 1. The number of carboxylic acid groups (broad SMARTS) is 1. The molecule has 1 amide bonds. The Morgan fingerprint density at radius 1 is 1.12 bits per heavy atom. The van der Waals surface area contributed by atoms with Crippen LogP contribution in [0.15, 0.2) is 43.0 Å². The van der Waals surface area contributed by atoms with E-state index in [1.807, 2.05) is 6.07 Å². The Morgan fingerprint density at radius 3 is 2.41 bits per heavy atom. The Hall–Kier alpha value is -4.33. The maximum atomic E-state index is 14.5. The van der Waals surface area contributed by atoms with Gasteiger partial charge in [0.1, 0.15) is 11.0 Å². The van der Waals surface area contributed by atoms with Crippen molar-refractivity contribution in [3.63, 3.8) is 0 Å². The largest absolute Gasteiger partial charge is 0.490 e. The molecule has 1 fully saturated rings. The van der Waals surface area contributed by atoms with E-state index in [0.29, 0.717) is 46.0 Å². The summed E-state index contributed by atoms with van der Waals surface area (Å²) in [6.07, 6.45) is 1.50. The van der Waals surface area contributed by atoms with E-state index in [4.69, 9.17) is 9.90 Å². The number of anilines is 2. The van der Waals surface area contributed by atoms with Gasteiger partial charge in [-0.2, -0.15) is 13.2 Å². The van der Waals surface area contributed by atoms with Gasteiger partial charge in [-0.25, -0.2) is 14.2 Å². The Balaban J connectivity index is 0.000000493. The monoisotopic (exact) mass is 575 g/mol. The summed E-state index contributed by atoms with van der Waals surface area (Å²) in [6.45, 7) is 10.1. The number of hydrogen-bond acceptors (Lipinski definition) is 7. The Kier molecular flexibility index (Phi) is 8.42. The van der Waals surface area contributed by atoms with Gasteiger partial charge in [-0.1, -0.05) is 13.8 Å². The molecular formula is C27H29F4N7O3. The van der Waals surface area contributed by atoms with Gasteiger partial charge in [0.25, 0.3) is 5.91 Å². The first-order chi connectivity index (χ1) is 19.2. The number of carbonyl (C=O) groups excluding carboxylic acids is 1. The Labute approximate surface area is 232 Å². The topological polar surface area (TPSA) is 125 Å². The summed E-state index contributed by atoms with van der Waals surface area (Å²) in [4.78, 5) is 37.6. The van der Waals surface area contributed by atoms with Crippen LogP contribution < -0.4 is 15.5 Å². The van der Waals surface area contributed by atoms with Gasteiger partial charge < -0.3 is 25.0 Å². The van der Waals surface area contributed by atoms with Crippen molar-refractivity contribution < 1.29 is 32.3 Å². The number of aromatic nitrogens is 4. The molecule has 1 aliphatic heterocycles. The van der Waals surface area contributed by atoms with Gasteiger partial charge in [-0.3, -0.25) is 14.8 Å². The van der Waals surface area contributed by atoms with Gasteiger partial charge in [0.15, 0.2) is 11.5 Å². The Morgan fingerprint density at radius 2 is 1.78 bits per heavy atom. The lowest BCUT2D eigenvalue weighted by Gasteiger charge is -2.41. The molecule has 0 aliphatic carbocycles. The lowest BCUT2D eigenvalue weighted by atomic mass is 9.98. The molecule has 3 N–H and O–H groups in total. The smallest absolute Gasteiger partial charge is 0.475 e. The standard InChI is InChI=1S/C25H28FN7O.C2HF3O2/c1-14(2)20-13-32(10-15(3)29-20)21-6-5-18(22-23(21)28-8-7-27-22)25(34)31-17-9-19(26)24-30-16(4)11-33(24)12-17;3-2(4,5)1(6)7/h5-9,11-12,14-15,20,29H,10,13H2,1-4H3,(H,31,34);(H,6,7)/t15-,20-;/m1./s1. The van der Waals surface area contributed by atoms with Crippen molar-refractivity contribution in [2.24, 2.45) is 5.92 Å². The van der Waals surface area contributed by atoms with E-state index < -0.39 is 18.0 Å². The third-order valence-corrected chi connectivity index (χ3v) is 6.53. The van der Waals surface area contributed by atoms with Crippen LogP contribution in [0.25, 0.3) is 16.7 Å². The summed E-state index contributed by atoms with van der Waals surface area (Å²) >= 11 is 0. The van der Waals surface area contributed by atoms with Crippen molar-refractivity contribution in [1.29, 1.82) is 0 Å². The van der Waals surface area contributed by atoms with Crippen LogP contribution in [0.3, 0.4) is 0 Å². The highest BCUT2D eigenvalue weighted by molar-refractivity contribution is 6.13. The van der Waals surface area contributed by atoms with E-state index in [9.17, 15) is 22.4 Å². The number of alkyl halides is 3. The van der Waals surface area contributed by atoms with Crippen LogP contribution >= 0.6 is 0 Å². The van der Waals surface area contributed by atoms with Crippen molar-refractivity contribution in [3.8, 4) is 0 Å². The summed E-state index contributed by atoms with van der Waals surface area (Å²) in [5, 5.41) is 13.6. The minimum atomic E-state index is -5.08. The van der Waals surface area contributed by atoms with Crippen LogP contribution in [0.1, 0.15) is 36.8 Å². The van der Waals surface area contributed by atoms with E-state index in [1.54, 1.807) is 42.2 Å². The summed E-state index contributed by atoms with van der Waals surface area (Å²) in [5.74, 6) is -3.14. The summed E-state index contributed by atoms with van der Waals surface area (Å²) < 4.78 is 47.8. The maximum absolute atomic E-state index is 14.5. The van der Waals surface area contributed by atoms with Crippen molar-refractivity contribution in [2.45, 2.75) is 46.0 Å². The highest BCUT2D eigenvalue weighted by Crippen LogP contribution is 2.29. The number of aliphatic carboxylic acids is 1. The van der Waals surface area contributed by atoms with E-state index in [1.165, 1.54) is 6.07 Å². The van der Waals surface area contributed by atoms with E-state index in [0.717, 1.165) is 18.8 Å². The molecular weight excluding hydrogens is 546 g/mol. The van der Waals surface area contributed by atoms with Gasteiger partial charge >= 0.3 is 12.1 Å². The Bertz CT molecular complexity index is 1590. The highest BCUT2D eigenvalue weighted by atomic mass is 19.4. The second-order valence-corrected chi connectivity index (χ2v) is 10.2. The number of hydrogen-bond donors (Lipinski definition) is 3. The predicted octanol–water partition coefficient (Wildman–Crippen LogP) is 4.43. The third-order valence-electron chi connectivity index (χ3n) is 6.53. The molecule has 218 valence electrons. The lowest BCUT2D eigenvalue weighted by molar-refractivity contribution is -0.192. The number of carbonyl (C=O) groups is 2. The molecule has 1 saturated heterocycles. The minimum absolute atomic E-state index is 0.223. The molecule has 10 nitrogen and oxygen atoms in total. The van der Waals surface area contributed by atoms with Crippen LogP contribution in [0.4, 0.5) is 28.9 Å². The van der Waals surface area contributed by atoms with Gasteiger partial charge in [-0.15, -0.1) is 0 Å². The third kappa shape index (κ3) is 6.70. The zero-order chi connectivity index (χ0) is 30.1. The number of nitrogens with zero attached hydrogens (tertiary/aromatic N) is 5. The molecule has 14 heteroatoms. The average molecular weight is 576 g/mol. The first-order valence-electron chi connectivity index (χ1n) is 12.8. The number of aryl methyl sites for hydroxylation is 1. The molecule has 0 unspecified atom stereocenters. The van der Waals surface area contributed by atoms with Gasteiger partial charge in [0, 0.05) is 56.0 Å². The molecule has 5 rings (SSSR count). The minimum Gasteiger partial charge on any atom is -0.475 e. The number of amides is 1. The van der Waals surface area contributed by atoms with E-state index in [2.05, 4.69) is 51.3 Å². The van der Waals surface area contributed by atoms with Crippen LogP contribution in [0, 0.1) is 18.7 Å². The van der Waals surface area contributed by atoms with Gasteiger partial charge in [-0.05, 0) is 31.9 Å². The number of pyridine rings is 1. The molecule has 0 spiro atoms. The average Bonchev–Trinajstić information content (AvgIpc) is 3.28. The number of imidazole rings is 1. The normalized spacial score (nSPS) is 17.4. The fourth-order valence-electron chi connectivity index (χ4n) is 4.64. The molecule has 2 atom stereocenters. The van der Waals surface area contributed by atoms with Gasteiger partial charge in [0.2, 0.25) is 0 Å². The second-order valence-electron chi connectivity index (χ2n) is 10.2. The number of piperazine rings is 1. The van der Waals surface area contributed by atoms with Crippen LogP contribution in [0.2, 0.25) is 0 Å². The van der Waals surface area contributed by atoms with Crippen LogP contribution in [-0.2, 0) is 4.79 Å². The molecule has 0 bridgehead atoms. The molecule has 41 heavy (non-hydrogen) atoms. The quantitative estimate of drug-likeness (QED) is 0.305. The summed E-state index contributed by atoms with van der Waals surface area (Å²) in [7, 11) is 0. The van der Waals surface area contributed by atoms with Crippen molar-refractivity contribution in [1.82, 2.24) is 24.7 Å². The number of benzene rings is 1. The highest BCUT2D eigenvalue weighted by Gasteiger charge is 2.38. The first-order valence-corrected chi connectivity index (χ1v) is 12.8. The first kappa shape index (κ1) is 29.6. The summed E-state index contributed by atoms with van der Waals surface area (Å²) in [6, 6.07) is 5.66. The molecule has 4 aromatic rings. The van der Waals surface area contributed by atoms with Crippen LogP contribution in [0.5, 0.6) is 0 Å². The second kappa shape index (κ2) is 11.6. The molecule has 3 aromatic heterocycles. The maximum Gasteiger partial charge on any atom is 0.490 e. The summed E-state index contributed by atoms with van der Waals surface area (Å²) in [5.41, 5.74) is 3.80. The number of fused-ring (bicyclic) bond motifs is 2.